The molecule has 1 atom stereocenters. The van der Waals surface area contributed by atoms with Crippen molar-refractivity contribution in [3.8, 4) is 6.07 Å². The molecule has 0 radical (unpaired) electrons. The van der Waals surface area contributed by atoms with E-state index in [1.807, 2.05) is 12.3 Å². The Hall–Kier alpha value is -1.25. The summed E-state index contributed by atoms with van der Waals surface area (Å²) in [5.74, 6) is 0.0130. The van der Waals surface area contributed by atoms with Crippen LogP contribution in [0.1, 0.15) is 12.5 Å². The van der Waals surface area contributed by atoms with Gasteiger partial charge in [-0.2, -0.15) is 17.0 Å². The van der Waals surface area contributed by atoms with E-state index >= 15 is 0 Å². The number of nitrogens with one attached hydrogen (secondary N) is 1. The van der Waals surface area contributed by atoms with Crippen LogP contribution in [0.4, 0.5) is 10.1 Å². The third kappa shape index (κ3) is 3.91. The molecule has 0 fully saturated rings. The fourth-order valence-electron chi connectivity index (χ4n) is 1.43. The molecule has 1 aromatic carbocycles. The molecule has 0 aliphatic heterocycles. The number of nitriles is 1. The van der Waals surface area contributed by atoms with Gasteiger partial charge in [0.15, 0.2) is 0 Å². The van der Waals surface area contributed by atoms with Crippen molar-refractivity contribution in [2.75, 3.05) is 23.9 Å². The summed E-state index contributed by atoms with van der Waals surface area (Å²) in [6.07, 6.45) is 1.90. The van der Waals surface area contributed by atoms with Gasteiger partial charge in [0.2, 0.25) is 0 Å². The summed E-state index contributed by atoms with van der Waals surface area (Å²) in [7, 11) is 0. The minimum absolute atomic E-state index is 0.0209. The molecule has 0 bridgehead atoms. The second-order valence-electron chi connectivity index (χ2n) is 4.06. The predicted octanol–water partition coefficient (Wildman–Crippen LogP) is 2.22. The lowest BCUT2D eigenvalue weighted by Crippen LogP contribution is -2.36. The van der Waals surface area contributed by atoms with E-state index < -0.39 is 11.4 Å². The predicted molar refractivity (Wildman–Crippen MR) is 68.6 cm³/mol. The summed E-state index contributed by atoms with van der Waals surface area (Å²) in [5, 5.41) is 21.7. The topological polar surface area (TPSA) is 56.0 Å². The number of nitrogens with zero attached hydrogens (tertiary/aromatic N) is 1. The standard InChI is InChI=1S/C12H15FN2OS/c1-12(16,8-17-2)7-15-11-5-3-4-10(13)9(11)6-14/h3-5,15-16H,7-8H2,1-2H3/t12-/m1/s1. The monoisotopic (exact) mass is 254 g/mol. The van der Waals surface area contributed by atoms with E-state index in [0.717, 1.165) is 0 Å². The van der Waals surface area contributed by atoms with Gasteiger partial charge in [0.25, 0.3) is 0 Å². The molecule has 0 heterocycles. The average molecular weight is 254 g/mol. The third-order valence-electron chi connectivity index (χ3n) is 2.24. The second kappa shape index (κ2) is 5.89. The molecule has 0 aromatic heterocycles. The first kappa shape index (κ1) is 13.8. The van der Waals surface area contributed by atoms with Crippen molar-refractivity contribution in [2.45, 2.75) is 12.5 Å². The van der Waals surface area contributed by atoms with Crippen LogP contribution < -0.4 is 5.32 Å². The number of hydrogen-bond acceptors (Lipinski definition) is 4. The maximum absolute atomic E-state index is 13.3. The molecule has 1 aromatic rings. The number of rotatable bonds is 5. The molecular weight excluding hydrogens is 239 g/mol. The first-order valence-corrected chi connectivity index (χ1v) is 6.53. The summed E-state index contributed by atoms with van der Waals surface area (Å²) >= 11 is 1.53. The fourth-order valence-corrected chi connectivity index (χ4v) is 2.16. The van der Waals surface area contributed by atoms with Crippen LogP contribution in [0.5, 0.6) is 0 Å². The van der Waals surface area contributed by atoms with Gasteiger partial charge in [-0.05, 0) is 25.3 Å². The SMILES string of the molecule is CSC[C@](C)(O)CNc1cccc(F)c1C#N. The Bertz CT molecular complexity index is 429. The Labute approximate surface area is 105 Å². The maximum Gasteiger partial charge on any atom is 0.143 e. The quantitative estimate of drug-likeness (QED) is 0.846. The lowest BCUT2D eigenvalue weighted by Gasteiger charge is -2.23. The Balaban J connectivity index is 2.77. The van der Waals surface area contributed by atoms with Crippen molar-refractivity contribution in [3.05, 3.63) is 29.6 Å². The minimum Gasteiger partial charge on any atom is -0.387 e. The maximum atomic E-state index is 13.3. The smallest absolute Gasteiger partial charge is 0.143 e. The van der Waals surface area contributed by atoms with Gasteiger partial charge in [0.1, 0.15) is 17.4 Å². The van der Waals surface area contributed by atoms with E-state index in [9.17, 15) is 9.50 Å². The molecule has 17 heavy (non-hydrogen) atoms. The second-order valence-corrected chi connectivity index (χ2v) is 4.92. The number of anilines is 1. The molecular formula is C12H15FN2OS. The molecule has 0 unspecified atom stereocenters. The third-order valence-corrected chi connectivity index (χ3v) is 3.15. The molecule has 0 aliphatic carbocycles. The van der Waals surface area contributed by atoms with Gasteiger partial charge >= 0.3 is 0 Å². The highest BCUT2D eigenvalue weighted by Crippen LogP contribution is 2.19. The molecule has 5 heteroatoms. The highest BCUT2D eigenvalue weighted by Gasteiger charge is 2.20. The molecule has 0 saturated carbocycles. The van der Waals surface area contributed by atoms with Crippen LogP contribution >= 0.6 is 11.8 Å². The number of hydrogen-bond donors (Lipinski definition) is 2. The summed E-state index contributed by atoms with van der Waals surface area (Å²) in [5.41, 5.74) is -0.500. The molecule has 0 amide bonds. The largest absolute Gasteiger partial charge is 0.387 e. The minimum atomic E-state index is -0.890. The van der Waals surface area contributed by atoms with Crippen LogP contribution in [0, 0.1) is 17.1 Å². The van der Waals surface area contributed by atoms with Crippen molar-refractivity contribution in [1.29, 1.82) is 5.26 Å². The molecule has 92 valence electrons. The summed E-state index contributed by atoms with van der Waals surface area (Å²) in [4.78, 5) is 0. The van der Waals surface area contributed by atoms with E-state index in [4.69, 9.17) is 5.26 Å². The van der Waals surface area contributed by atoms with Crippen molar-refractivity contribution in [2.24, 2.45) is 0 Å². The van der Waals surface area contributed by atoms with Crippen molar-refractivity contribution >= 4 is 17.4 Å². The average Bonchev–Trinajstić information content (AvgIpc) is 2.26. The van der Waals surface area contributed by atoms with Gasteiger partial charge in [-0.15, -0.1) is 0 Å². The lowest BCUT2D eigenvalue weighted by atomic mass is 10.1. The van der Waals surface area contributed by atoms with Gasteiger partial charge in [-0.25, -0.2) is 4.39 Å². The lowest BCUT2D eigenvalue weighted by molar-refractivity contribution is 0.0997. The zero-order valence-corrected chi connectivity index (χ0v) is 10.6. The van der Waals surface area contributed by atoms with Crippen molar-refractivity contribution in [3.63, 3.8) is 0 Å². The Morgan fingerprint density at radius 1 is 1.59 bits per heavy atom. The molecule has 0 aliphatic rings. The highest BCUT2D eigenvalue weighted by atomic mass is 32.2. The molecule has 1 rings (SSSR count). The zero-order valence-electron chi connectivity index (χ0n) is 9.83. The van der Waals surface area contributed by atoms with Gasteiger partial charge in [-0.3, -0.25) is 0 Å². The van der Waals surface area contributed by atoms with E-state index in [2.05, 4.69) is 5.32 Å². The Morgan fingerprint density at radius 3 is 2.88 bits per heavy atom. The van der Waals surface area contributed by atoms with Crippen LogP contribution in [0.2, 0.25) is 0 Å². The number of halogens is 1. The summed E-state index contributed by atoms with van der Waals surface area (Å²) < 4.78 is 13.3. The molecule has 0 spiro atoms. The van der Waals surface area contributed by atoms with Gasteiger partial charge < -0.3 is 10.4 Å². The highest BCUT2D eigenvalue weighted by molar-refractivity contribution is 7.98. The van der Waals surface area contributed by atoms with E-state index in [0.29, 0.717) is 11.4 Å². The van der Waals surface area contributed by atoms with Gasteiger partial charge in [-0.1, -0.05) is 6.07 Å². The molecule has 0 saturated heterocycles. The van der Waals surface area contributed by atoms with Crippen LogP contribution in [0.3, 0.4) is 0 Å². The van der Waals surface area contributed by atoms with E-state index in [1.54, 1.807) is 13.0 Å². The van der Waals surface area contributed by atoms with Crippen LogP contribution in [0.25, 0.3) is 0 Å². The van der Waals surface area contributed by atoms with E-state index in [-0.39, 0.29) is 12.1 Å². The van der Waals surface area contributed by atoms with E-state index in [1.165, 1.54) is 23.9 Å². The first-order chi connectivity index (χ1) is 8.00. The fraction of sp³-hybridized carbons (Fsp3) is 0.417. The van der Waals surface area contributed by atoms with Crippen LogP contribution in [0.15, 0.2) is 18.2 Å². The zero-order chi connectivity index (χ0) is 12.9. The molecule has 2 N–H and O–H groups in total. The normalized spacial score (nSPS) is 13.8. The van der Waals surface area contributed by atoms with Gasteiger partial charge in [0.05, 0.1) is 11.3 Å². The van der Waals surface area contributed by atoms with Gasteiger partial charge in [0, 0.05) is 12.3 Å². The van der Waals surface area contributed by atoms with Crippen molar-refractivity contribution < 1.29 is 9.50 Å². The number of aliphatic hydroxyl groups is 1. The Kier molecular flexibility index (Phi) is 4.79. The van der Waals surface area contributed by atoms with Crippen LogP contribution in [-0.4, -0.2) is 29.3 Å². The number of benzene rings is 1. The molecule has 3 nitrogen and oxygen atoms in total. The number of thioether (sulfide) groups is 1. The first-order valence-electron chi connectivity index (χ1n) is 5.14. The van der Waals surface area contributed by atoms with Crippen LogP contribution in [-0.2, 0) is 0 Å². The summed E-state index contributed by atoms with van der Waals surface area (Å²) in [6.45, 7) is 1.97. The Morgan fingerprint density at radius 2 is 2.29 bits per heavy atom. The summed E-state index contributed by atoms with van der Waals surface area (Å²) in [6, 6.07) is 6.20. The van der Waals surface area contributed by atoms with Crippen molar-refractivity contribution in [1.82, 2.24) is 0 Å².